The highest BCUT2D eigenvalue weighted by Gasteiger charge is 2.63. The summed E-state index contributed by atoms with van der Waals surface area (Å²) in [5, 5.41) is 4.15. The molecule has 6 aliphatic rings. The van der Waals surface area contributed by atoms with Crippen LogP contribution in [0.4, 0.5) is 0 Å². The van der Waals surface area contributed by atoms with Crippen molar-refractivity contribution in [2.75, 3.05) is 19.6 Å². The van der Waals surface area contributed by atoms with Crippen molar-refractivity contribution in [3.05, 3.63) is 0 Å². The molecule has 1 spiro atoms. The molecule has 3 nitrogen and oxygen atoms in total. The molecule has 0 aromatic rings. The Labute approximate surface area is 141 Å². The van der Waals surface area contributed by atoms with Crippen LogP contribution in [-0.4, -0.2) is 53.7 Å². The lowest BCUT2D eigenvalue weighted by molar-refractivity contribution is -0.198. The summed E-state index contributed by atoms with van der Waals surface area (Å²) in [5.74, 6) is 2.04. The molecule has 128 valence electrons. The number of nitrogens with one attached hydrogen (secondary N) is 1. The van der Waals surface area contributed by atoms with Gasteiger partial charge in [0.2, 0.25) is 0 Å². The number of hydrogen-bond donors (Lipinski definition) is 1. The fourth-order valence-corrected chi connectivity index (χ4v) is 8.25. The molecule has 5 saturated heterocycles. The molecular formula is C20H33N3. The van der Waals surface area contributed by atoms with Crippen LogP contribution in [0.5, 0.6) is 0 Å². The molecule has 3 heteroatoms. The van der Waals surface area contributed by atoms with Gasteiger partial charge in [0.25, 0.3) is 0 Å². The molecule has 0 radical (unpaired) electrons. The van der Waals surface area contributed by atoms with Gasteiger partial charge in [0.05, 0.1) is 6.17 Å². The smallest absolute Gasteiger partial charge is 0.0602 e. The SMILES string of the molecule is C1C[C@@H]2N[C@@H](C1)[C@@]13C[C@H](C[C@H]4CCCN2[C@@H]41)[C@@H]1CCCCN1C3. The average Bonchev–Trinajstić information content (AvgIpc) is 2.60. The van der Waals surface area contributed by atoms with Gasteiger partial charge in [0.1, 0.15) is 0 Å². The third-order valence-corrected chi connectivity index (χ3v) is 8.80. The highest BCUT2D eigenvalue weighted by atomic mass is 15.4. The van der Waals surface area contributed by atoms with E-state index in [9.17, 15) is 0 Å². The Bertz CT molecular complexity index is 493. The first-order valence-electron chi connectivity index (χ1n) is 10.6. The second-order valence-corrected chi connectivity index (χ2v) is 9.72. The molecule has 1 saturated carbocycles. The van der Waals surface area contributed by atoms with E-state index < -0.39 is 0 Å². The molecule has 6 fully saturated rings. The molecule has 6 rings (SSSR count). The van der Waals surface area contributed by atoms with E-state index in [1.54, 1.807) is 12.8 Å². The van der Waals surface area contributed by atoms with Crippen LogP contribution < -0.4 is 5.32 Å². The molecule has 23 heavy (non-hydrogen) atoms. The van der Waals surface area contributed by atoms with Crippen molar-refractivity contribution in [2.24, 2.45) is 17.3 Å². The van der Waals surface area contributed by atoms with Crippen LogP contribution in [0.15, 0.2) is 0 Å². The first-order valence-corrected chi connectivity index (χ1v) is 10.6. The predicted octanol–water partition coefficient (Wildman–Crippen LogP) is 2.81. The van der Waals surface area contributed by atoms with Gasteiger partial charge in [-0.2, -0.15) is 0 Å². The molecule has 1 N–H and O–H groups in total. The van der Waals surface area contributed by atoms with Crippen LogP contribution in [0.2, 0.25) is 0 Å². The van der Waals surface area contributed by atoms with Gasteiger partial charge in [0, 0.05) is 30.1 Å². The van der Waals surface area contributed by atoms with Crippen molar-refractivity contribution in [1.29, 1.82) is 0 Å². The van der Waals surface area contributed by atoms with Crippen molar-refractivity contribution in [1.82, 2.24) is 15.1 Å². The standard InChI is InChI=1S/C20H33N3/c1-2-9-22-13-20-12-15(16(22)6-1)11-14-5-4-10-23(19(14)20)18-8-3-7-17(20)21-18/h14-19,21H,1-13H2/t14-,15+,16+,17+,18-,19+,20+/m1/s1. The highest BCUT2D eigenvalue weighted by molar-refractivity contribution is 5.18. The summed E-state index contributed by atoms with van der Waals surface area (Å²) >= 11 is 0. The van der Waals surface area contributed by atoms with E-state index in [2.05, 4.69) is 15.1 Å². The molecule has 1 aliphatic carbocycles. The molecule has 0 amide bonds. The van der Waals surface area contributed by atoms with Gasteiger partial charge in [-0.3, -0.25) is 15.1 Å². The van der Waals surface area contributed by atoms with Crippen molar-refractivity contribution >= 4 is 0 Å². The summed E-state index contributed by atoms with van der Waals surface area (Å²) in [6.07, 6.45) is 15.6. The number of hydrogen-bond acceptors (Lipinski definition) is 3. The number of fused-ring (bicyclic) bond motifs is 6. The topological polar surface area (TPSA) is 18.5 Å². The molecule has 0 aromatic heterocycles. The predicted molar refractivity (Wildman–Crippen MR) is 92.1 cm³/mol. The van der Waals surface area contributed by atoms with Gasteiger partial charge in [0.15, 0.2) is 0 Å². The Morgan fingerprint density at radius 3 is 2.87 bits per heavy atom. The Kier molecular flexibility index (Phi) is 3.04. The quantitative estimate of drug-likeness (QED) is 0.741. The van der Waals surface area contributed by atoms with E-state index in [1.807, 2.05) is 0 Å². The van der Waals surface area contributed by atoms with Gasteiger partial charge in [-0.05, 0) is 82.7 Å². The largest absolute Gasteiger partial charge is 0.299 e. The van der Waals surface area contributed by atoms with E-state index in [0.717, 1.165) is 36.1 Å². The van der Waals surface area contributed by atoms with Crippen LogP contribution in [0, 0.1) is 17.3 Å². The molecule has 5 aliphatic heterocycles. The van der Waals surface area contributed by atoms with Crippen molar-refractivity contribution in [3.63, 3.8) is 0 Å². The molecule has 7 atom stereocenters. The number of nitrogens with zero attached hydrogens (tertiary/aromatic N) is 2. The summed E-state index contributed by atoms with van der Waals surface area (Å²) in [4.78, 5) is 5.95. The molecule has 0 unspecified atom stereocenters. The third-order valence-electron chi connectivity index (χ3n) is 8.80. The first kappa shape index (κ1) is 14.1. The van der Waals surface area contributed by atoms with Crippen LogP contribution in [0.1, 0.15) is 64.2 Å². The van der Waals surface area contributed by atoms with Crippen LogP contribution in [0.25, 0.3) is 0 Å². The van der Waals surface area contributed by atoms with E-state index in [-0.39, 0.29) is 0 Å². The first-order chi connectivity index (χ1) is 11.4. The van der Waals surface area contributed by atoms with Crippen molar-refractivity contribution in [3.8, 4) is 0 Å². The molecule has 4 bridgehead atoms. The summed E-state index contributed by atoms with van der Waals surface area (Å²) < 4.78 is 0. The second-order valence-electron chi connectivity index (χ2n) is 9.72. The summed E-state index contributed by atoms with van der Waals surface area (Å²) in [6.45, 7) is 4.20. The van der Waals surface area contributed by atoms with Crippen LogP contribution in [-0.2, 0) is 0 Å². The Hall–Kier alpha value is -0.120. The van der Waals surface area contributed by atoms with E-state index >= 15 is 0 Å². The Morgan fingerprint density at radius 1 is 0.870 bits per heavy atom. The highest BCUT2D eigenvalue weighted by Crippen LogP contribution is 2.59. The maximum absolute atomic E-state index is 4.15. The van der Waals surface area contributed by atoms with Crippen LogP contribution in [0.3, 0.4) is 0 Å². The molecular weight excluding hydrogens is 282 g/mol. The fourth-order valence-electron chi connectivity index (χ4n) is 8.25. The maximum atomic E-state index is 4.15. The van der Waals surface area contributed by atoms with Gasteiger partial charge in [-0.1, -0.05) is 6.42 Å². The fraction of sp³-hybridized carbons (Fsp3) is 1.00. The number of rotatable bonds is 0. The second kappa shape index (κ2) is 4.95. The lowest BCUT2D eigenvalue weighted by Crippen LogP contribution is -2.80. The van der Waals surface area contributed by atoms with Gasteiger partial charge >= 0.3 is 0 Å². The van der Waals surface area contributed by atoms with Crippen molar-refractivity contribution in [2.45, 2.75) is 88.5 Å². The zero-order chi connectivity index (χ0) is 15.0. The lowest BCUT2D eigenvalue weighted by atomic mass is 9.50. The minimum Gasteiger partial charge on any atom is -0.299 e. The van der Waals surface area contributed by atoms with Gasteiger partial charge in [-0.15, -0.1) is 0 Å². The minimum atomic E-state index is 0.596. The Balaban J connectivity index is 1.44. The zero-order valence-corrected chi connectivity index (χ0v) is 14.6. The average molecular weight is 316 g/mol. The minimum absolute atomic E-state index is 0.596. The van der Waals surface area contributed by atoms with E-state index in [0.29, 0.717) is 5.41 Å². The molecule has 5 heterocycles. The lowest BCUT2D eigenvalue weighted by Gasteiger charge is -2.70. The molecule has 0 aromatic carbocycles. The third kappa shape index (κ3) is 1.82. The summed E-state index contributed by atoms with van der Waals surface area (Å²) in [5.41, 5.74) is 0.596. The van der Waals surface area contributed by atoms with Gasteiger partial charge in [-0.25, -0.2) is 0 Å². The summed E-state index contributed by atoms with van der Waals surface area (Å²) in [6, 6.07) is 2.70. The maximum Gasteiger partial charge on any atom is 0.0602 e. The monoisotopic (exact) mass is 315 g/mol. The van der Waals surface area contributed by atoms with E-state index in [4.69, 9.17) is 0 Å². The van der Waals surface area contributed by atoms with E-state index in [1.165, 1.54) is 71.0 Å². The van der Waals surface area contributed by atoms with Crippen molar-refractivity contribution < 1.29 is 0 Å². The van der Waals surface area contributed by atoms with Gasteiger partial charge < -0.3 is 0 Å². The zero-order valence-electron chi connectivity index (χ0n) is 14.6. The van der Waals surface area contributed by atoms with Crippen LogP contribution >= 0.6 is 0 Å². The Morgan fingerprint density at radius 2 is 1.87 bits per heavy atom. The normalized spacial score (nSPS) is 55.8. The summed E-state index contributed by atoms with van der Waals surface area (Å²) in [7, 11) is 0. The number of piperidine rings is 4.